The molecule has 0 atom stereocenters. The zero-order valence-corrected chi connectivity index (χ0v) is 34.9. The van der Waals surface area contributed by atoms with E-state index in [0.29, 0.717) is 0 Å². The second-order valence-electron chi connectivity index (χ2n) is 16.8. The van der Waals surface area contributed by atoms with Gasteiger partial charge in [-0.2, -0.15) is 0 Å². The van der Waals surface area contributed by atoms with Crippen molar-refractivity contribution < 1.29 is 4.42 Å². The average molecular weight is 814 g/mol. The van der Waals surface area contributed by atoms with Crippen LogP contribution in [0.2, 0.25) is 0 Å². The fraction of sp³-hybridized carbons (Fsp3) is 0. The molecule has 298 valence electrons. The summed E-state index contributed by atoms with van der Waals surface area (Å²) in [6, 6.07) is 86.1. The molecule has 0 aliphatic heterocycles. The second kappa shape index (κ2) is 14.6. The standard InChI is InChI=1S/C62H39NO/c1-2-14-40(15-3-1)48-33-34-49(52-22-9-8-21-51(48)52)41-28-30-45(31-29-41)63(46-32-35-61-59(39-46)58-36-42-16-4-5-17-43(42)38-62(58)64-61)60-27-13-25-53-55(24-12-26-56(53)60)57-37-44-18-6-7-19-47(44)50-20-10-11-23-54(50)57/h1-39H. The van der Waals surface area contributed by atoms with E-state index in [2.05, 4.69) is 241 Å². The molecule has 0 aliphatic rings. The van der Waals surface area contributed by atoms with Crippen molar-refractivity contribution in [3.05, 3.63) is 237 Å². The Balaban J connectivity index is 1.01. The van der Waals surface area contributed by atoms with Crippen LogP contribution in [-0.4, -0.2) is 0 Å². The van der Waals surface area contributed by atoms with Crippen LogP contribution in [0.4, 0.5) is 17.1 Å². The molecule has 0 aliphatic carbocycles. The molecular formula is C62H39NO. The van der Waals surface area contributed by atoms with E-state index in [4.69, 9.17) is 4.42 Å². The van der Waals surface area contributed by atoms with Crippen molar-refractivity contribution in [3.8, 4) is 33.4 Å². The van der Waals surface area contributed by atoms with Crippen LogP contribution in [0.25, 0.3) is 109 Å². The molecule has 0 saturated carbocycles. The Kier molecular flexibility index (Phi) is 8.25. The predicted molar refractivity (Wildman–Crippen MR) is 272 cm³/mol. The quantitative estimate of drug-likeness (QED) is 0.156. The molecular weight excluding hydrogens is 775 g/mol. The van der Waals surface area contributed by atoms with Gasteiger partial charge in [-0.3, -0.25) is 0 Å². The minimum atomic E-state index is 0.874. The third kappa shape index (κ3) is 5.81. The largest absolute Gasteiger partial charge is 0.456 e. The number of fused-ring (bicyclic) bond motifs is 9. The minimum Gasteiger partial charge on any atom is -0.456 e. The molecule has 0 N–H and O–H groups in total. The first kappa shape index (κ1) is 36.2. The summed E-state index contributed by atoms with van der Waals surface area (Å²) in [6.45, 7) is 0. The van der Waals surface area contributed by atoms with E-state index < -0.39 is 0 Å². The molecule has 13 aromatic rings. The summed E-state index contributed by atoms with van der Waals surface area (Å²) >= 11 is 0. The Morgan fingerprint density at radius 3 is 1.53 bits per heavy atom. The van der Waals surface area contributed by atoms with Crippen molar-refractivity contribution in [2.45, 2.75) is 0 Å². The lowest BCUT2D eigenvalue weighted by Crippen LogP contribution is -2.10. The normalized spacial score (nSPS) is 11.8. The van der Waals surface area contributed by atoms with E-state index in [1.807, 2.05) is 0 Å². The van der Waals surface area contributed by atoms with E-state index in [9.17, 15) is 0 Å². The van der Waals surface area contributed by atoms with Crippen LogP contribution in [0, 0.1) is 0 Å². The first-order valence-corrected chi connectivity index (χ1v) is 22.0. The Hall–Kier alpha value is -8.46. The monoisotopic (exact) mass is 813 g/mol. The van der Waals surface area contributed by atoms with Gasteiger partial charge in [-0.15, -0.1) is 0 Å². The first-order valence-electron chi connectivity index (χ1n) is 22.0. The third-order valence-electron chi connectivity index (χ3n) is 13.2. The number of nitrogens with zero attached hydrogens (tertiary/aromatic N) is 1. The highest BCUT2D eigenvalue weighted by Gasteiger charge is 2.20. The maximum atomic E-state index is 6.53. The number of hydrogen-bond acceptors (Lipinski definition) is 2. The molecule has 64 heavy (non-hydrogen) atoms. The molecule has 1 heterocycles. The van der Waals surface area contributed by atoms with Gasteiger partial charge in [0.05, 0.1) is 5.69 Å². The van der Waals surface area contributed by atoms with Crippen molar-refractivity contribution in [1.82, 2.24) is 0 Å². The van der Waals surface area contributed by atoms with Gasteiger partial charge >= 0.3 is 0 Å². The summed E-state index contributed by atoms with van der Waals surface area (Å²) in [4.78, 5) is 2.42. The Morgan fingerprint density at radius 2 is 0.781 bits per heavy atom. The second-order valence-corrected chi connectivity index (χ2v) is 16.8. The first-order chi connectivity index (χ1) is 31.7. The van der Waals surface area contributed by atoms with Crippen molar-refractivity contribution in [1.29, 1.82) is 0 Å². The number of furan rings is 1. The van der Waals surface area contributed by atoms with Crippen LogP contribution in [0.15, 0.2) is 241 Å². The number of anilines is 3. The van der Waals surface area contributed by atoms with Crippen LogP contribution >= 0.6 is 0 Å². The summed E-state index contributed by atoms with van der Waals surface area (Å²) in [5.41, 5.74) is 12.3. The lowest BCUT2D eigenvalue weighted by atomic mass is 9.90. The summed E-state index contributed by atoms with van der Waals surface area (Å²) in [6.07, 6.45) is 0. The lowest BCUT2D eigenvalue weighted by Gasteiger charge is -2.27. The van der Waals surface area contributed by atoms with E-state index in [-0.39, 0.29) is 0 Å². The van der Waals surface area contributed by atoms with Gasteiger partial charge in [0, 0.05) is 27.5 Å². The van der Waals surface area contributed by atoms with Gasteiger partial charge in [-0.1, -0.05) is 182 Å². The molecule has 0 fully saturated rings. The molecule has 2 heteroatoms. The highest BCUT2D eigenvalue weighted by atomic mass is 16.3. The topological polar surface area (TPSA) is 16.4 Å². The lowest BCUT2D eigenvalue weighted by molar-refractivity contribution is 0.669. The average Bonchev–Trinajstić information content (AvgIpc) is 3.72. The highest BCUT2D eigenvalue weighted by molar-refractivity contribution is 6.18. The van der Waals surface area contributed by atoms with Crippen LogP contribution in [0.3, 0.4) is 0 Å². The van der Waals surface area contributed by atoms with Gasteiger partial charge in [0.15, 0.2) is 0 Å². The number of rotatable bonds is 6. The van der Waals surface area contributed by atoms with Crippen molar-refractivity contribution >= 4 is 92.9 Å². The van der Waals surface area contributed by atoms with Crippen LogP contribution in [0.1, 0.15) is 0 Å². The molecule has 0 amide bonds. The van der Waals surface area contributed by atoms with Gasteiger partial charge < -0.3 is 9.32 Å². The molecule has 2 nitrogen and oxygen atoms in total. The van der Waals surface area contributed by atoms with Crippen molar-refractivity contribution in [2.24, 2.45) is 0 Å². The summed E-state index contributed by atoms with van der Waals surface area (Å²) in [5.74, 6) is 0. The molecule has 1 aromatic heterocycles. The van der Waals surface area contributed by atoms with Gasteiger partial charge in [0.2, 0.25) is 0 Å². The van der Waals surface area contributed by atoms with Crippen molar-refractivity contribution in [3.63, 3.8) is 0 Å². The predicted octanol–water partition coefficient (Wildman–Crippen LogP) is 17.8. The molecule has 0 spiro atoms. The third-order valence-corrected chi connectivity index (χ3v) is 13.2. The van der Waals surface area contributed by atoms with E-state index in [1.165, 1.54) is 87.2 Å². The smallest absolute Gasteiger partial charge is 0.136 e. The Labute approximate surface area is 370 Å². The van der Waals surface area contributed by atoms with E-state index >= 15 is 0 Å². The van der Waals surface area contributed by atoms with Gasteiger partial charge in [-0.05, 0) is 136 Å². The SMILES string of the molecule is c1ccc(-c2ccc(-c3ccc(N(c4ccc5oc6cc7ccccc7cc6c5c4)c4cccc5c(-c6cc7ccccc7c7ccccc67)cccc45)cc3)c3ccccc23)cc1. The Morgan fingerprint density at radius 1 is 0.250 bits per heavy atom. The fourth-order valence-electron chi connectivity index (χ4n) is 10.2. The molecule has 13 rings (SSSR count). The molecule has 0 bridgehead atoms. The zero-order chi connectivity index (χ0) is 42.1. The molecule has 0 saturated heterocycles. The molecule has 12 aromatic carbocycles. The van der Waals surface area contributed by atoms with Crippen LogP contribution < -0.4 is 4.90 Å². The molecule has 0 radical (unpaired) electrons. The van der Waals surface area contributed by atoms with Crippen LogP contribution in [-0.2, 0) is 0 Å². The Bertz CT molecular complexity index is 3960. The highest BCUT2D eigenvalue weighted by Crippen LogP contribution is 2.46. The number of hydrogen-bond donors (Lipinski definition) is 0. The molecule has 0 unspecified atom stereocenters. The van der Waals surface area contributed by atoms with Gasteiger partial charge in [0.25, 0.3) is 0 Å². The van der Waals surface area contributed by atoms with E-state index in [1.54, 1.807) is 0 Å². The summed E-state index contributed by atoms with van der Waals surface area (Å²) < 4.78 is 6.53. The summed E-state index contributed by atoms with van der Waals surface area (Å²) in [5, 5.41) is 14.5. The van der Waals surface area contributed by atoms with Crippen molar-refractivity contribution in [2.75, 3.05) is 4.90 Å². The van der Waals surface area contributed by atoms with E-state index in [0.717, 1.165) is 39.0 Å². The maximum Gasteiger partial charge on any atom is 0.136 e. The zero-order valence-electron chi connectivity index (χ0n) is 34.9. The summed E-state index contributed by atoms with van der Waals surface area (Å²) in [7, 11) is 0. The van der Waals surface area contributed by atoms with Gasteiger partial charge in [-0.25, -0.2) is 0 Å². The maximum absolute atomic E-state index is 6.53. The fourth-order valence-corrected chi connectivity index (χ4v) is 10.2. The minimum absolute atomic E-state index is 0.874. The number of benzene rings is 12. The van der Waals surface area contributed by atoms with Crippen LogP contribution in [0.5, 0.6) is 0 Å². The van der Waals surface area contributed by atoms with Gasteiger partial charge in [0.1, 0.15) is 11.2 Å².